The fraction of sp³-hybridized carbons (Fsp3) is 0.176. The number of amides is 1. The van der Waals surface area contributed by atoms with Gasteiger partial charge in [-0.25, -0.2) is 13.2 Å². The number of para-hydroxylation sites is 1. The number of hydrogen-bond acceptors (Lipinski definition) is 5. The molecule has 0 aliphatic carbocycles. The van der Waals surface area contributed by atoms with Gasteiger partial charge in [-0.1, -0.05) is 18.2 Å². The van der Waals surface area contributed by atoms with Crippen molar-refractivity contribution in [3.05, 3.63) is 60.2 Å². The lowest BCUT2D eigenvalue weighted by atomic mass is 10.2. The summed E-state index contributed by atoms with van der Waals surface area (Å²) in [5.41, 5.74) is 5.67. The monoisotopic (exact) mass is 362 g/mol. The van der Waals surface area contributed by atoms with E-state index in [2.05, 4.69) is 0 Å². The van der Waals surface area contributed by atoms with Crippen LogP contribution in [0.2, 0.25) is 0 Å². The van der Waals surface area contributed by atoms with Gasteiger partial charge in [0.2, 0.25) is 0 Å². The zero-order valence-electron chi connectivity index (χ0n) is 13.7. The van der Waals surface area contributed by atoms with E-state index in [1.165, 1.54) is 38.2 Å². The highest BCUT2D eigenvalue weighted by Crippen LogP contribution is 2.22. The van der Waals surface area contributed by atoms with Crippen molar-refractivity contribution >= 4 is 27.6 Å². The molecule has 0 fully saturated rings. The van der Waals surface area contributed by atoms with Gasteiger partial charge >= 0.3 is 5.97 Å². The van der Waals surface area contributed by atoms with Crippen molar-refractivity contribution < 1.29 is 22.7 Å². The molecule has 0 heterocycles. The average molecular weight is 362 g/mol. The second-order valence-electron chi connectivity index (χ2n) is 5.28. The third-order valence-corrected chi connectivity index (χ3v) is 5.35. The molecule has 0 radical (unpaired) electrons. The largest absolute Gasteiger partial charge is 0.449 e. The zero-order chi connectivity index (χ0) is 18.6. The van der Waals surface area contributed by atoms with Gasteiger partial charge in [0.25, 0.3) is 15.9 Å². The molecule has 0 bridgehead atoms. The summed E-state index contributed by atoms with van der Waals surface area (Å²) in [5, 5.41) is 0. The topological polar surface area (TPSA) is 107 Å². The van der Waals surface area contributed by atoms with Crippen LogP contribution in [0.3, 0.4) is 0 Å². The van der Waals surface area contributed by atoms with Crippen molar-refractivity contribution in [3.63, 3.8) is 0 Å². The normalized spacial score (nSPS) is 12.2. The molecule has 2 rings (SSSR count). The summed E-state index contributed by atoms with van der Waals surface area (Å²) in [5.74, 6) is -1.52. The molecule has 8 heteroatoms. The van der Waals surface area contributed by atoms with E-state index >= 15 is 0 Å². The second kappa shape index (κ2) is 7.35. The number of esters is 1. The van der Waals surface area contributed by atoms with Crippen LogP contribution in [0, 0.1) is 0 Å². The summed E-state index contributed by atoms with van der Waals surface area (Å²) in [6.07, 6.45) is -1.07. The van der Waals surface area contributed by atoms with E-state index in [-0.39, 0.29) is 10.5 Å². The van der Waals surface area contributed by atoms with Gasteiger partial charge in [-0.3, -0.25) is 9.10 Å². The maximum Gasteiger partial charge on any atom is 0.338 e. The smallest absolute Gasteiger partial charge is 0.338 e. The van der Waals surface area contributed by atoms with E-state index in [9.17, 15) is 18.0 Å². The first-order chi connectivity index (χ1) is 11.7. The molecule has 2 N–H and O–H groups in total. The highest BCUT2D eigenvalue weighted by Gasteiger charge is 2.22. The summed E-state index contributed by atoms with van der Waals surface area (Å²) >= 11 is 0. The molecule has 0 unspecified atom stereocenters. The van der Waals surface area contributed by atoms with Crippen molar-refractivity contribution in [2.75, 3.05) is 11.4 Å². The van der Waals surface area contributed by atoms with Crippen LogP contribution in [0.15, 0.2) is 59.5 Å². The Bertz CT molecular complexity index is 864. The average Bonchev–Trinajstić information content (AvgIpc) is 2.61. The van der Waals surface area contributed by atoms with Gasteiger partial charge in [-0.2, -0.15) is 0 Å². The van der Waals surface area contributed by atoms with Gasteiger partial charge in [0.15, 0.2) is 6.10 Å². The number of benzene rings is 2. The zero-order valence-corrected chi connectivity index (χ0v) is 14.6. The molecule has 0 saturated carbocycles. The lowest BCUT2D eigenvalue weighted by Gasteiger charge is -2.19. The van der Waals surface area contributed by atoms with Gasteiger partial charge in [0, 0.05) is 7.05 Å². The SMILES string of the molecule is C[C@H](OC(=O)c1ccc(S(=O)(=O)N(C)c2ccccc2)cc1)C(N)=O. The first kappa shape index (κ1) is 18.5. The predicted octanol–water partition coefficient (Wildman–Crippen LogP) is 1.54. The van der Waals surface area contributed by atoms with Crippen molar-refractivity contribution in [2.24, 2.45) is 5.73 Å². The summed E-state index contributed by atoms with van der Waals surface area (Å²) in [6.45, 7) is 1.36. The number of carbonyl (C=O) groups excluding carboxylic acids is 2. The van der Waals surface area contributed by atoms with E-state index in [1.807, 2.05) is 0 Å². The summed E-state index contributed by atoms with van der Waals surface area (Å²) < 4.78 is 31.3. The van der Waals surface area contributed by atoms with Crippen LogP contribution >= 0.6 is 0 Å². The Balaban J connectivity index is 2.21. The number of primary amides is 1. The maximum absolute atomic E-state index is 12.6. The molecular weight excluding hydrogens is 344 g/mol. The standard InChI is InChI=1S/C17H18N2O5S/c1-12(16(18)20)24-17(21)13-8-10-15(11-9-13)25(22,23)19(2)14-6-4-3-5-7-14/h3-12H,1-2H3,(H2,18,20)/t12-/m0/s1. The minimum Gasteiger partial charge on any atom is -0.449 e. The van der Waals surface area contributed by atoms with Gasteiger partial charge in [-0.05, 0) is 43.3 Å². The number of ether oxygens (including phenoxy) is 1. The van der Waals surface area contributed by atoms with Gasteiger partial charge < -0.3 is 10.5 Å². The number of hydrogen-bond donors (Lipinski definition) is 1. The van der Waals surface area contributed by atoms with E-state index in [0.29, 0.717) is 5.69 Å². The summed E-state index contributed by atoms with van der Waals surface area (Å²) in [6, 6.07) is 13.9. The first-order valence-electron chi connectivity index (χ1n) is 7.38. The molecule has 0 saturated heterocycles. The molecule has 1 atom stereocenters. The van der Waals surface area contributed by atoms with Crippen molar-refractivity contribution in [1.82, 2.24) is 0 Å². The van der Waals surface area contributed by atoms with E-state index in [0.717, 1.165) is 4.31 Å². The fourth-order valence-electron chi connectivity index (χ4n) is 1.98. The minimum absolute atomic E-state index is 0.0263. The van der Waals surface area contributed by atoms with Gasteiger partial charge in [0.05, 0.1) is 16.1 Å². The maximum atomic E-state index is 12.6. The van der Waals surface area contributed by atoms with Crippen LogP contribution in [0.1, 0.15) is 17.3 Å². The molecule has 2 aromatic carbocycles. The third kappa shape index (κ3) is 4.16. The summed E-state index contributed by atoms with van der Waals surface area (Å²) in [7, 11) is -2.32. The van der Waals surface area contributed by atoms with Crippen LogP contribution in [-0.2, 0) is 19.6 Å². The number of nitrogens with two attached hydrogens (primary N) is 1. The Morgan fingerprint density at radius 3 is 2.12 bits per heavy atom. The van der Waals surface area contributed by atoms with Crippen molar-refractivity contribution in [1.29, 1.82) is 0 Å². The highest BCUT2D eigenvalue weighted by atomic mass is 32.2. The predicted molar refractivity (Wildman–Crippen MR) is 92.5 cm³/mol. The quantitative estimate of drug-likeness (QED) is 0.785. The van der Waals surface area contributed by atoms with Crippen LogP contribution in [0.4, 0.5) is 5.69 Å². The van der Waals surface area contributed by atoms with Crippen molar-refractivity contribution in [3.8, 4) is 0 Å². The number of sulfonamides is 1. The van der Waals surface area contributed by atoms with E-state index in [4.69, 9.17) is 10.5 Å². The number of rotatable bonds is 6. The number of anilines is 1. The van der Waals surface area contributed by atoms with Crippen LogP contribution in [0.25, 0.3) is 0 Å². The molecular formula is C17H18N2O5S. The first-order valence-corrected chi connectivity index (χ1v) is 8.82. The van der Waals surface area contributed by atoms with E-state index < -0.39 is 28.0 Å². The Labute approximate surface area is 146 Å². The van der Waals surface area contributed by atoms with Crippen LogP contribution in [-0.4, -0.2) is 33.4 Å². The molecule has 7 nitrogen and oxygen atoms in total. The molecule has 0 aromatic heterocycles. The molecule has 0 aliphatic heterocycles. The Kier molecular flexibility index (Phi) is 5.43. The molecule has 2 aromatic rings. The molecule has 25 heavy (non-hydrogen) atoms. The Morgan fingerprint density at radius 2 is 1.60 bits per heavy atom. The molecule has 1 amide bonds. The van der Waals surface area contributed by atoms with Crippen molar-refractivity contribution in [2.45, 2.75) is 17.9 Å². The van der Waals surface area contributed by atoms with E-state index in [1.54, 1.807) is 30.3 Å². The van der Waals surface area contributed by atoms with Gasteiger partial charge in [0.1, 0.15) is 0 Å². The molecule has 132 valence electrons. The lowest BCUT2D eigenvalue weighted by molar-refractivity contribution is -0.125. The summed E-state index contributed by atoms with van der Waals surface area (Å²) in [4.78, 5) is 22.8. The Morgan fingerprint density at radius 1 is 1.04 bits per heavy atom. The number of nitrogens with zero attached hydrogens (tertiary/aromatic N) is 1. The van der Waals surface area contributed by atoms with Gasteiger partial charge in [-0.15, -0.1) is 0 Å². The Hall–Kier alpha value is -2.87. The molecule has 0 aliphatic rings. The fourth-order valence-corrected chi connectivity index (χ4v) is 3.18. The lowest BCUT2D eigenvalue weighted by Crippen LogP contribution is -2.30. The third-order valence-electron chi connectivity index (χ3n) is 3.55. The molecule has 0 spiro atoms. The highest BCUT2D eigenvalue weighted by molar-refractivity contribution is 7.92. The van der Waals surface area contributed by atoms with Crippen LogP contribution < -0.4 is 10.0 Å². The van der Waals surface area contributed by atoms with Crippen LogP contribution in [0.5, 0.6) is 0 Å². The minimum atomic E-state index is -3.76. The second-order valence-corrected chi connectivity index (χ2v) is 7.25. The number of carbonyl (C=O) groups is 2.